The first kappa shape index (κ1) is 16.1. The molecule has 6 heteroatoms. The first-order chi connectivity index (χ1) is 10.9. The molecule has 1 fully saturated rings. The van der Waals surface area contributed by atoms with Crippen LogP contribution in [0.5, 0.6) is 0 Å². The van der Waals surface area contributed by atoms with Gasteiger partial charge in [-0.2, -0.15) is 4.31 Å². The molecular weight excluding hydrogens is 320 g/mol. The zero-order valence-electron chi connectivity index (χ0n) is 12.7. The van der Waals surface area contributed by atoms with E-state index in [1.165, 1.54) is 4.31 Å². The highest BCUT2D eigenvalue weighted by atomic mass is 32.2. The summed E-state index contributed by atoms with van der Waals surface area (Å²) in [6, 6.07) is 10.1. The van der Waals surface area contributed by atoms with E-state index in [-0.39, 0.29) is 10.9 Å². The largest absolute Gasteiger partial charge is 0.243 e. The van der Waals surface area contributed by atoms with E-state index in [2.05, 4.69) is 0 Å². The highest BCUT2D eigenvalue weighted by molar-refractivity contribution is 7.89. The molecule has 0 aromatic heterocycles. The molecule has 3 rings (SSSR count). The summed E-state index contributed by atoms with van der Waals surface area (Å²) in [7, 11) is -3.86. The summed E-state index contributed by atoms with van der Waals surface area (Å²) < 4.78 is 53.4. The molecular formula is C17H17F2NO2S. The van der Waals surface area contributed by atoms with Gasteiger partial charge in [-0.05, 0) is 43.5 Å². The minimum Gasteiger partial charge on any atom is -0.207 e. The molecule has 0 saturated carbocycles. The fourth-order valence-corrected chi connectivity index (χ4v) is 4.62. The average molecular weight is 337 g/mol. The second-order valence-electron chi connectivity index (χ2n) is 5.76. The van der Waals surface area contributed by atoms with Crippen LogP contribution in [-0.2, 0) is 10.0 Å². The van der Waals surface area contributed by atoms with Crippen LogP contribution in [0.25, 0.3) is 0 Å². The lowest BCUT2D eigenvalue weighted by Gasteiger charge is -2.24. The normalized spacial score (nSPS) is 19.2. The Hall–Kier alpha value is -1.79. The van der Waals surface area contributed by atoms with Gasteiger partial charge in [-0.15, -0.1) is 0 Å². The summed E-state index contributed by atoms with van der Waals surface area (Å²) in [4.78, 5) is -0.213. The maximum absolute atomic E-state index is 13.4. The predicted molar refractivity (Wildman–Crippen MR) is 83.4 cm³/mol. The number of benzene rings is 2. The Labute approximate surface area is 134 Å². The lowest BCUT2D eigenvalue weighted by atomic mass is 10.0. The molecule has 1 saturated heterocycles. The number of aryl methyl sites for hydroxylation is 1. The molecule has 1 atom stereocenters. The van der Waals surface area contributed by atoms with Crippen molar-refractivity contribution in [1.29, 1.82) is 0 Å². The van der Waals surface area contributed by atoms with Crippen molar-refractivity contribution in [1.82, 2.24) is 4.31 Å². The van der Waals surface area contributed by atoms with Crippen molar-refractivity contribution in [3.8, 4) is 0 Å². The Morgan fingerprint density at radius 1 is 1.04 bits per heavy atom. The first-order valence-corrected chi connectivity index (χ1v) is 8.87. The Kier molecular flexibility index (Phi) is 4.21. The van der Waals surface area contributed by atoms with Gasteiger partial charge in [0.1, 0.15) is 0 Å². The minimum absolute atomic E-state index is 0.213. The molecule has 3 nitrogen and oxygen atoms in total. The van der Waals surface area contributed by atoms with E-state index in [1.54, 1.807) is 0 Å². The van der Waals surface area contributed by atoms with E-state index in [1.807, 2.05) is 31.2 Å². The molecule has 0 bridgehead atoms. The number of hydrogen-bond acceptors (Lipinski definition) is 2. The van der Waals surface area contributed by atoms with Crippen molar-refractivity contribution in [3.05, 3.63) is 65.2 Å². The Morgan fingerprint density at radius 3 is 2.39 bits per heavy atom. The highest BCUT2D eigenvalue weighted by Gasteiger charge is 2.36. The van der Waals surface area contributed by atoms with E-state index < -0.39 is 21.7 Å². The smallest absolute Gasteiger partial charge is 0.207 e. The van der Waals surface area contributed by atoms with Gasteiger partial charge in [0.2, 0.25) is 10.0 Å². The van der Waals surface area contributed by atoms with Crippen LogP contribution in [0.15, 0.2) is 47.4 Å². The van der Waals surface area contributed by atoms with Crippen LogP contribution in [-0.4, -0.2) is 19.3 Å². The monoisotopic (exact) mass is 337 g/mol. The maximum atomic E-state index is 13.4. The molecule has 122 valence electrons. The third-order valence-electron chi connectivity index (χ3n) is 4.16. The lowest BCUT2D eigenvalue weighted by molar-refractivity contribution is 0.396. The van der Waals surface area contributed by atoms with Crippen LogP contribution in [0.3, 0.4) is 0 Å². The summed E-state index contributed by atoms with van der Waals surface area (Å²) in [5, 5.41) is 0. The predicted octanol–water partition coefficient (Wildman–Crippen LogP) is 3.80. The molecule has 1 aliphatic heterocycles. The van der Waals surface area contributed by atoms with Gasteiger partial charge in [0.25, 0.3) is 0 Å². The van der Waals surface area contributed by atoms with E-state index >= 15 is 0 Å². The van der Waals surface area contributed by atoms with Gasteiger partial charge in [-0.3, -0.25) is 0 Å². The molecule has 0 unspecified atom stereocenters. The highest BCUT2D eigenvalue weighted by Crippen LogP contribution is 2.36. The van der Waals surface area contributed by atoms with Gasteiger partial charge in [-0.25, -0.2) is 17.2 Å². The maximum Gasteiger partial charge on any atom is 0.243 e. The van der Waals surface area contributed by atoms with Crippen molar-refractivity contribution in [2.45, 2.75) is 30.7 Å². The molecule has 23 heavy (non-hydrogen) atoms. The fraction of sp³-hybridized carbons (Fsp3) is 0.294. The second kappa shape index (κ2) is 6.02. The van der Waals surface area contributed by atoms with Crippen molar-refractivity contribution >= 4 is 10.0 Å². The standard InChI is InChI=1S/C17H17F2NO2S/c1-12-4-6-13(7-5-12)17-3-2-10-20(17)23(21,22)14-8-9-15(18)16(19)11-14/h4-9,11,17H,2-3,10H2,1H3/t17-/m0/s1. The first-order valence-electron chi connectivity index (χ1n) is 7.43. The van der Waals surface area contributed by atoms with Gasteiger partial charge in [-0.1, -0.05) is 29.8 Å². The SMILES string of the molecule is Cc1ccc([C@@H]2CCCN2S(=O)(=O)c2ccc(F)c(F)c2)cc1. The Morgan fingerprint density at radius 2 is 1.74 bits per heavy atom. The molecule has 0 amide bonds. The summed E-state index contributed by atoms with van der Waals surface area (Å²) in [5.41, 5.74) is 2.01. The number of nitrogens with zero attached hydrogens (tertiary/aromatic N) is 1. The number of halogens is 2. The van der Waals surface area contributed by atoms with Crippen molar-refractivity contribution < 1.29 is 17.2 Å². The van der Waals surface area contributed by atoms with E-state index in [9.17, 15) is 17.2 Å². The molecule has 2 aromatic rings. The van der Waals surface area contributed by atoms with Crippen LogP contribution >= 0.6 is 0 Å². The summed E-state index contributed by atoms with van der Waals surface area (Å²) in [6.45, 7) is 2.34. The van der Waals surface area contributed by atoms with E-state index in [0.29, 0.717) is 13.0 Å². The zero-order valence-corrected chi connectivity index (χ0v) is 13.5. The third kappa shape index (κ3) is 3.01. The number of hydrogen-bond donors (Lipinski definition) is 0. The van der Waals surface area contributed by atoms with Crippen LogP contribution < -0.4 is 0 Å². The molecule has 0 radical (unpaired) electrons. The van der Waals surface area contributed by atoms with E-state index in [0.717, 1.165) is 35.7 Å². The van der Waals surface area contributed by atoms with Gasteiger partial charge >= 0.3 is 0 Å². The van der Waals surface area contributed by atoms with Gasteiger partial charge in [0, 0.05) is 6.54 Å². The summed E-state index contributed by atoms with van der Waals surface area (Å²) in [5.74, 6) is -2.21. The van der Waals surface area contributed by atoms with Crippen LogP contribution in [0.2, 0.25) is 0 Å². The molecule has 2 aromatic carbocycles. The van der Waals surface area contributed by atoms with Gasteiger partial charge < -0.3 is 0 Å². The Bertz CT molecular complexity index is 819. The summed E-state index contributed by atoms with van der Waals surface area (Å²) >= 11 is 0. The zero-order chi connectivity index (χ0) is 16.6. The van der Waals surface area contributed by atoms with Crippen molar-refractivity contribution in [2.24, 2.45) is 0 Å². The fourth-order valence-electron chi connectivity index (χ4n) is 2.92. The quantitative estimate of drug-likeness (QED) is 0.854. The minimum atomic E-state index is -3.86. The molecule has 0 N–H and O–H groups in total. The van der Waals surface area contributed by atoms with Gasteiger partial charge in [0.05, 0.1) is 10.9 Å². The molecule has 0 aliphatic carbocycles. The van der Waals surface area contributed by atoms with Crippen molar-refractivity contribution in [2.75, 3.05) is 6.54 Å². The van der Waals surface area contributed by atoms with Gasteiger partial charge in [0.15, 0.2) is 11.6 Å². The molecule has 1 aliphatic rings. The molecule has 1 heterocycles. The second-order valence-corrected chi connectivity index (χ2v) is 7.65. The Balaban J connectivity index is 1.97. The van der Waals surface area contributed by atoms with Crippen LogP contribution in [0.1, 0.15) is 30.0 Å². The third-order valence-corrected chi connectivity index (χ3v) is 6.07. The van der Waals surface area contributed by atoms with Crippen LogP contribution in [0, 0.1) is 18.6 Å². The van der Waals surface area contributed by atoms with E-state index in [4.69, 9.17) is 0 Å². The van der Waals surface area contributed by atoms with Crippen LogP contribution in [0.4, 0.5) is 8.78 Å². The summed E-state index contributed by atoms with van der Waals surface area (Å²) in [6.07, 6.45) is 1.45. The number of sulfonamides is 1. The number of rotatable bonds is 3. The topological polar surface area (TPSA) is 37.4 Å². The molecule has 0 spiro atoms. The lowest BCUT2D eigenvalue weighted by Crippen LogP contribution is -2.30. The van der Waals surface area contributed by atoms with Crippen molar-refractivity contribution in [3.63, 3.8) is 0 Å². The average Bonchev–Trinajstić information content (AvgIpc) is 3.01.